The summed E-state index contributed by atoms with van der Waals surface area (Å²) in [7, 11) is 0. The Bertz CT molecular complexity index is 680. The molecule has 2 rings (SSSR count). The first-order valence-corrected chi connectivity index (χ1v) is 6.61. The van der Waals surface area contributed by atoms with Gasteiger partial charge in [-0.25, -0.2) is 0 Å². The lowest BCUT2D eigenvalue weighted by Crippen LogP contribution is -2.06. The third kappa shape index (κ3) is 3.61. The van der Waals surface area contributed by atoms with E-state index in [0.29, 0.717) is 5.56 Å². The first kappa shape index (κ1) is 15.1. The van der Waals surface area contributed by atoms with Gasteiger partial charge in [0.05, 0.1) is 0 Å². The summed E-state index contributed by atoms with van der Waals surface area (Å²) in [4.78, 5) is 22.4. The minimum absolute atomic E-state index is 0.0850. The molecule has 0 aliphatic heterocycles. The molecule has 0 aliphatic rings. The fourth-order valence-electron chi connectivity index (χ4n) is 1.86. The number of rotatable bonds is 3. The molecule has 0 saturated heterocycles. The molecule has 0 N–H and O–H groups in total. The predicted octanol–water partition coefficient (Wildman–Crippen LogP) is 3.86. The molecule has 0 aromatic heterocycles. The molecule has 2 aromatic rings. The third-order valence-corrected chi connectivity index (χ3v) is 3.00. The fraction of sp³-hybridized carbons (Fsp3) is 0.125. The van der Waals surface area contributed by atoms with Crippen molar-refractivity contribution in [2.45, 2.75) is 13.8 Å². The quantitative estimate of drug-likeness (QED) is 0.638. The lowest BCUT2D eigenvalue weighted by molar-refractivity contribution is -0.132. The van der Waals surface area contributed by atoms with E-state index in [4.69, 9.17) is 21.1 Å². The molecule has 108 valence electrons. The molecule has 0 heterocycles. The van der Waals surface area contributed by atoms with Crippen LogP contribution in [0, 0.1) is 0 Å². The minimum Gasteiger partial charge on any atom is -0.425 e. The van der Waals surface area contributed by atoms with Gasteiger partial charge in [-0.1, -0.05) is 41.9 Å². The van der Waals surface area contributed by atoms with Crippen molar-refractivity contribution in [1.82, 2.24) is 0 Å². The van der Waals surface area contributed by atoms with Gasteiger partial charge in [0.25, 0.3) is 0 Å². The Hall–Kier alpha value is -2.33. The summed E-state index contributed by atoms with van der Waals surface area (Å²) >= 11 is 6.20. The number of hydrogen-bond acceptors (Lipinski definition) is 4. The summed E-state index contributed by atoms with van der Waals surface area (Å²) in [6.07, 6.45) is 0. The maximum Gasteiger partial charge on any atom is 0.308 e. The molecular weight excluding hydrogens is 292 g/mol. The molecular formula is C16H13ClO4. The number of benzene rings is 2. The molecule has 0 saturated carbocycles. The molecule has 2 aromatic carbocycles. The summed E-state index contributed by atoms with van der Waals surface area (Å²) in [6.45, 7) is 2.55. The second kappa shape index (κ2) is 6.41. The van der Waals surface area contributed by atoms with E-state index in [9.17, 15) is 9.59 Å². The van der Waals surface area contributed by atoms with Crippen LogP contribution in [0.4, 0.5) is 0 Å². The van der Waals surface area contributed by atoms with E-state index >= 15 is 0 Å². The summed E-state index contributed by atoms with van der Waals surface area (Å²) < 4.78 is 10.2. The molecule has 0 fully saturated rings. The van der Waals surface area contributed by atoms with Crippen LogP contribution in [-0.4, -0.2) is 11.9 Å². The number of esters is 2. The van der Waals surface area contributed by atoms with Gasteiger partial charge >= 0.3 is 11.9 Å². The van der Waals surface area contributed by atoms with Crippen molar-refractivity contribution in [2.24, 2.45) is 0 Å². The van der Waals surface area contributed by atoms with Crippen molar-refractivity contribution in [1.29, 1.82) is 0 Å². The average Bonchev–Trinajstić information content (AvgIpc) is 2.43. The third-order valence-electron chi connectivity index (χ3n) is 2.65. The zero-order valence-corrected chi connectivity index (χ0v) is 12.3. The summed E-state index contributed by atoms with van der Waals surface area (Å²) in [6, 6.07) is 12.6. The molecule has 0 amide bonds. The van der Waals surface area contributed by atoms with Gasteiger partial charge in [-0.15, -0.1) is 0 Å². The molecule has 0 unspecified atom stereocenters. The van der Waals surface area contributed by atoms with Crippen molar-refractivity contribution in [3.63, 3.8) is 0 Å². The van der Waals surface area contributed by atoms with Crippen molar-refractivity contribution in [3.8, 4) is 22.6 Å². The van der Waals surface area contributed by atoms with Crippen LogP contribution in [0.1, 0.15) is 13.8 Å². The molecule has 0 aliphatic carbocycles. The van der Waals surface area contributed by atoms with Gasteiger partial charge in [0.15, 0.2) is 11.5 Å². The Morgan fingerprint density at radius 1 is 0.905 bits per heavy atom. The lowest BCUT2D eigenvalue weighted by atomic mass is 10.0. The lowest BCUT2D eigenvalue weighted by Gasteiger charge is -2.13. The van der Waals surface area contributed by atoms with E-state index in [-0.39, 0.29) is 16.5 Å². The molecule has 4 nitrogen and oxygen atoms in total. The minimum atomic E-state index is -0.506. The number of hydrogen-bond donors (Lipinski definition) is 0. The average molecular weight is 305 g/mol. The van der Waals surface area contributed by atoms with Gasteiger partial charge in [-0.2, -0.15) is 0 Å². The fourth-order valence-corrected chi connectivity index (χ4v) is 2.10. The molecule has 5 heteroatoms. The highest BCUT2D eigenvalue weighted by molar-refractivity contribution is 6.34. The van der Waals surface area contributed by atoms with Gasteiger partial charge in [0.1, 0.15) is 5.02 Å². The van der Waals surface area contributed by atoms with Gasteiger partial charge in [0.2, 0.25) is 0 Å². The van der Waals surface area contributed by atoms with Gasteiger partial charge in [-0.3, -0.25) is 9.59 Å². The second-order valence-electron chi connectivity index (χ2n) is 4.31. The molecule has 21 heavy (non-hydrogen) atoms. The van der Waals surface area contributed by atoms with E-state index < -0.39 is 11.9 Å². The van der Waals surface area contributed by atoms with Crippen molar-refractivity contribution < 1.29 is 19.1 Å². The SMILES string of the molecule is CC(=O)Oc1ccc(-c2ccccc2)c(OC(C)=O)c1Cl. The number of carbonyl (C=O) groups is 2. The van der Waals surface area contributed by atoms with Crippen LogP contribution in [0.5, 0.6) is 11.5 Å². The standard InChI is InChI=1S/C16H13ClO4/c1-10(18)20-14-9-8-13(12-6-4-3-5-7-12)16(15(14)17)21-11(2)19/h3-9H,1-2H3. The number of ether oxygens (including phenoxy) is 2. The van der Waals surface area contributed by atoms with Crippen LogP contribution in [0.2, 0.25) is 5.02 Å². The van der Waals surface area contributed by atoms with Crippen LogP contribution in [0.15, 0.2) is 42.5 Å². The summed E-state index contributed by atoms with van der Waals surface area (Å²) in [5.74, 6) is -0.679. The second-order valence-corrected chi connectivity index (χ2v) is 4.69. The van der Waals surface area contributed by atoms with Crippen LogP contribution in [-0.2, 0) is 9.59 Å². The highest BCUT2D eigenvalue weighted by atomic mass is 35.5. The summed E-state index contributed by atoms with van der Waals surface area (Å²) in [5, 5.41) is 0.0850. The highest BCUT2D eigenvalue weighted by Gasteiger charge is 2.18. The predicted molar refractivity (Wildman–Crippen MR) is 79.5 cm³/mol. The Labute approximate surface area is 127 Å². The Morgan fingerprint density at radius 3 is 2.10 bits per heavy atom. The van der Waals surface area contributed by atoms with Crippen LogP contribution in [0.25, 0.3) is 11.1 Å². The molecule has 0 bridgehead atoms. The Morgan fingerprint density at radius 2 is 1.52 bits per heavy atom. The van der Waals surface area contributed by atoms with E-state index in [1.54, 1.807) is 12.1 Å². The number of carbonyl (C=O) groups excluding carboxylic acids is 2. The first-order valence-electron chi connectivity index (χ1n) is 6.24. The maximum atomic E-state index is 11.3. The molecule has 0 atom stereocenters. The largest absolute Gasteiger partial charge is 0.425 e. The van der Waals surface area contributed by atoms with Crippen LogP contribution < -0.4 is 9.47 Å². The van der Waals surface area contributed by atoms with Crippen molar-refractivity contribution in [3.05, 3.63) is 47.5 Å². The van der Waals surface area contributed by atoms with Gasteiger partial charge in [-0.05, 0) is 17.7 Å². The zero-order chi connectivity index (χ0) is 15.4. The normalized spacial score (nSPS) is 10.0. The summed E-state index contributed by atoms with van der Waals surface area (Å²) in [5.41, 5.74) is 1.48. The zero-order valence-electron chi connectivity index (χ0n) is 11.6. The molecule has 0 radical (unpaired) electrons. The van der Waals surface area contributed by atoms with Gasteiger partial charge in [0, 0.05) is 19.4 Å². The monoisotopic (exact) mass is 304 g/mol. The maximum absolute atomic E-state index is 11.3. The van der Waals surface area contributed by atoms with E-state index in [0.717, 1.165) is 5.56 Å². The van der Waals surface area contributed by atoms with Gasteiger partial charge < -0.3 is 9.47 Å². The van der Waals surface area contributed by atoms with Crippen LogP contribution in [0.3, 0.4) is 0 Å². The van der Waals surface area contributed by atoms with Crippen LogP contribution >= 0.6 is 11.6 Å². The smallest absolute Gasteiger partial charge is 0.308 e. The molecule has 0 spiro atoms. The van der Waals surface area contributed by atoms with E-state index in [1.807, 2.05) is 30.3 Å². The first-order chi connectivity index (χ1) is 9.99. The van der Waals surface area contributed by atoms with E-state index in [2.05, 4.69) is 0 Å². The highest BCUT2D eigenvalue weighted by Crippen LogP contribution is 2.42. The Balaban J connectivity index is 2.57. The van der Waals surface area contributed by atoms with Crippen molar-refractivity contribution in [2.75, 3.05) is 0 Å². The Kier molecular flexibility index (Phi) is 4.60. The number of halogens is 1. The van der Waals surface area contributed by atoms with Crippen molar-refractivity contribution >= 4 is 23.5 Å². The van der Waals surface area contributed by atoms with E-state index in [1.165, 1.54) is 13.8 Å². The topological polar surface area (TPSA) is 52.6 Å².